The first kappa shape index (κ1) is 11.5. The van der Waals surface area contributed by atoms with E-state index in [4.69, 9.17) is 9.26 Å². The van der Waals surface area contributed by atoms with Crippen LogP contribution in [0, 0.1) is 5.92 Å². The van der Waals surface area contributed by atoms with E-state index in [9.17, 15) is 0 Å². The minimum Gasteiger partial charge on any atom is -0.373 e. The van der Waals surface area contributed by atoms with Crippen LogP contribution in [0.4, 0.5) is 0 Å². The Morgan fingerprint density at radius 2 is 2.38 bits per heavy atom. The highest BCUT2D eigenvalue weighted by atomic mass is 16.5. The third-order valence-corrected chi connectivity index (χ3v) is 3.24. The Labute approximate surface area is 95.6 Å². The third kappa shape index (κ3) is 2.10. The lowest BCUT2D eigenvalue weighted by atomic mass is 9.98. The Balaban J connectivity index is 2.12. The lowest BCUT2D eigenvalue weighted by molar-refractivity contribution is 0.0903. The zero-order chi connectivity index (χ0) is 11.5. The molecular formula is C11H19N3O2. The van der Waals surface area contributed by atoms with E-state index in [0.717, 1.165) is 25.4 Å². The van der Waals surface area contributed by atoms with Crippen LogP contribution in [-0.2, 0) is 4.74 Å². The molecule has 90 valence electrons. The minimum atomic E-state index is -0.0535. The van der Waals surface area contributed by atoms with E-state index >= 15 is 0 Å². The number of methoxy groups -OCH3 is 1. The van der Waals surface area contributed by atoms with Gasteiger partial charge in [-0.1, -0.05) is 19.0 Å². The Morgan fingerprint density at radius 3 is 2.94 bits per heavy atom. The molecule has 1 aromatic heterocycles. The van der Waals surface area contributed by atoms with Gasteiger partial charge in [0.1, 0.15) is 6.10 Å². The normalized spacial score (nSPS) is 27.2. The molecule has 1 aliphatic heterocycles. The molecule has 0 aliphatic carbocycles. The summed E-state index contributed by atoms with van der Waals surface area (Å²) in [5.74, 6) is 2.30. The Kier molecular flexibility index (Phi) is 3.56. The fraction of sp³-hybridized carbons (Fsp3) is 0.818. The second-order valence-corrected chi connectivity index (χ2v) is 4.37. The first-order valence-corrected chi connectivity index (χ1v) is 5.83. The molecule has 2 heterocycles. The number of aromatic nitrogens is 2. The smallest absolute Gasteiger partial charge is 0.231 e. The van der Waals surface area contributed by atoms with E-state index in [-0.39, 0.29) is 6.10 Å². The standard InChI is InChI=1S/C11H19N3O2/c1-4-9(15-3)10-13-11(16-14-10)8-6-12-5-7(8)2/h7-9,12H,4-6H2,1-3H3. The molecule has 1 aliphatic rings. The van der Waals surface area contributed by atoms with Gasteiger partial charge < -0.3 is 14.6 Å². The van der Waals surface area contributed by atoms with Crippen molar-refractivity contribution in [1.29, 1.82) is 0 Å². The Bertz CT molecular complexity index is 336. The second-order valence-electron chi connectivity index (χ2n) is 4.37. The predicted molar refractivity (Wildman–Crippen MR) is 59.1 cm³/mol. The molecule has 1 N–H and O–H groups in total. The van der Waals surface area contributed by atoms with Crippen LogP contribution in [0.2, 0.25) is 0 Å². The monoisotopic (exact) mass is 225 g/mol. The summed E-state index contributed by atoms with van der Waals surface area (Å²) < 4.78 is 10.6. The lowest BCUT2D eigenvalue weighted by Gasteiger charge is -2.08. The quantitative estimate of drug-likeness (QED) is 0.841. The number of hydrogen-bond donors (Lipinski definition) is 1. The van der Waals surface area contributed by atoms with Crippen LogP contribution in [0.5, 0.6) is 0 Å². The van der Waals surface area contributed by atoms with Crippen molar-refractivity contribution in [2.75, 3.05) is 20.2 Å². The van der Waals surface area contributed by atoms with Crippen molar-refractivity contribution in [2.45, 2.75) is 32.3 Å². The number of hydrogen-bond acceptors (Lipinski definition) is 5. The molecule has 1 aromatic rings. The molecule has 0 bridgehead atoms. The van der Waals surface area contributed by atoms with E-state index in [0.29, 0.717) is 17.7 Å². The molecule has 5 heteroatoms. The maximum absolute atomic E-state index is 5.32. The van der Waals surface area contributed by atoms with E-state index in [1.807, 2.05) is 6.92 Å². The van der Waals surface area contributed by atoms with E-state index in [2.05, 4.69) is 22.4 Å². The molecular weight excluding hydrogens is 206 g/mol. The summed E-state index contributed by atoms with van der Waals surface area (Å²) in [6.07, 6.45) is 0.802. The van der Waals surface area contributed by atoms with Gasteiger partial charge in [-0.2, -0.15) is 4.98 Å². The van der Waals surface area contributed by atoms with Gasteiger partial charge in [0.15, 0.2) is 0 Å². The molecule has 0 aromatic carbocycles. The maximum atomic E-state index is 5.32. The number of rotatable bonds is 4. The van der Waals surface area contributed by atoms with Crippen LogP contribution in [0.25, 0.3) is 0 Å². The summed E-state index contributed by atoms with van der Waals surface area (Å²) >= 11 is 0. The zero-order valence-electron chi connectivity index (χ0n) is 10.1. The van der Waals surface area contributed by atoms with Gasteiger partial charge in [-0.25, -0.2) is 0 Å². The second kappa shape index (κ2) is 4.93. The van der Waals surface area contributed by atoms with Gasteiger partial charge in [-0.15, -0.1) is 0 Å². The van der Waals surface area contributed by atoms with Crippen LogP contribution in [0.3, 0.4) is 0 Å². The van der Waals surface area contributed by atoms with E-state index < -0.39 is 0 Å². The highest BCUT2D eigenvalue weighted by Gasteiger charge is 2.30. The molecule has 1 fully saturated rings. The summed E-state index contributed by atoms with van der Waals surface area (Å²) in [6, 6.07) is 0. The summed E-state index contributed by atoms with van der Waals surface area (Å²) in [5.41, 5.74) is 0. The van der Waals surface area contributed by atoms with Gasteiger partial charge in [0, 0.05) is 13.7 Å². The molecule has 5 nitrogen and oxygen atoms in total. The van der Waals surface area contributed by atoms with Crippen molar-refractivity contribution in [2.24, 2.45) is 5.92 Å². The van der Waals surface area contributed by atoms with Gasteiger partial charge in [-0.3, -0.25) is 0 Å². The molecule has 0 radical (unpaired) electrons. The van der Waals surface area contributed by atoms with Gasteiger partial charge in [0.25, 0.3) is 0 Å². The maximum Gasteiger partial charge on any atom is 0.231 e. The minimum absolute atomic E-state index is 0.0535. The van der Waals surface area contributed by atoms with Crippen LogP contribution in [-0.4, -0.2) is 30.3 Å². The van der Waals surface area contributed by atoms with Crippen molar-refractivity contribution in [1.82, 2.24) is 15.5 Å². The molecule has 3 unspecified atom stereocenters. The average Bonchev–Trinajstić information content (AvgIpc) is 2.89. The average molecular weight is 225 g/mol. The van der Waals surface area contributed by atoms with E-state index in [1.165, 1.54) is 0 Å². The SMILES string of the molecule is CCC(OC)c1noc(C2CNCC2C)n1. The molecule has 3 atom stereocenters. The largest absolute Gasteiger partial charge is 0.373 e. The fourth-order valence-corrected chi connectivity index (χ4v) is 2.12. The first-order valence-electron chi connectivity index (χ1n) is 5.83. The summed E-state index contributed by atoms with van der Waals surface area (Å²) in [4.78, 5) is 4.44. The van der Waals surface area contributed by atoms with Crippen LogP contribution < -0.4 is 5.32 Å². The Morgan fingerprint density at radius 1 is 1.56 bits per heavy atom. The van der Waals surface area contributed by atoms with Crippen molar-refractivity contribution < 1.29 is 9.26 Å². The molecule has 1 saturated heterocycles. The number of nitrogens with zero attached hydrogens (tertiary/aromatic N) is 2. The summed E-state index contributed by atoms with van der Waals surface area (Å²) in [7, 11) is 1.67. The highest BCUT2D eigenvalue weighted by molar-refractivity contribution is 5.02. The van der Waals surface area contributed by atoms with Crippen LogP contribution in [0.15, 0.2) is 4.52 Å². The van der Waals surface area contributed by atoms with Crippen molar-refractivity contribution >= 4 is 0 Å². The fourth-order valence-electron chi connectivity index (χ4n) is 2.12. The molecule has 2 rings (SSSR count). The van der Waals surface area contributed by atoms with Gasteiger partial charge in [0.2, 0.25) is 11.7 Å². The Hall–Kier alpha value is -0.940. The molecule has 0 saturated carbocycles. The van der Waals surface area contributed by atoms with E-state index in [1.54, 1.807) is 7.11 Å². The zero-order valence-corrected chi connectivity index (χ0v) is 10.1. The first-order chi connectivity index (χ1) is 7.76. The topological polar surface area (TPSA) is 60.2 Å². The van der Waals surface area contributed by atoms with Gasteiger partial charge in [-0.05, 0) is 18.9 Å². The van der Waals surface area contributed by atoms with Crippen molar-refractivity contribution in [3.05, 3.63) is 11.7 Å². The van der Waals surface area contributed by atoms with Gasteiger partial charge >= 0.3 is 0 Å². The lowest BCUT2D eigenvalue weighted by Crippen LogP contribution is -2.09. The highest BCUT2D eigenvalue weighted by Crippen LogP contribution is 2.27. The third-order valence-electron chi connectivity index (χ3n) is 3.24. The van der Waals surface area contributed by atoms with Crippen molar-refractivity contribution in [3.63, 3.8) is 0 Å². The summed E-state index contributed by atoms with van der Waals surface area (Å²) in [6.45, 7) is 6.18. The molecule has 0 amide bonds. The van der Waals surface area contributed by atoms with Crippen LogP contribution >= 0.6 is 0 Å². The van der Waals surface area contributed by atoms with Crippen LogP contribution in [0.1, 0.15) is 44.0 Å². The predicted octanol–water partition coefficient (Wildman–Crippen LogP) is 1.49. The molecule has 0 spiro atoms. The molecule has 16 heavy (non-hydrogen) atoms. The number of ether oxygens (including phenoxy) is 1. The number of nitrogens with one attached hydrogen (secondary N) is 1. The van der Waals surface area contributed by atoms with Gasteiger partial charge in [0.05, 0.1) is 5.92 Å². The summed E-state index contributed by atoms with van der Waals surface area (Å²) in [5, 5.41) is 7.33. The van der Waals surface area contributed by atoms with Crippen molar-refractivity contribution in [3.8, 4) is 0 Å².